The zero-order valence-electron chi connectivity index (χ0n) is 11.6. The first-order chi connectivity index (χ1) is 9.88. The summed E-state index contributed by atoms with van der Waals surface area (Å²) < 4.78 is 0. The van der Waals surface area contributed by atoms with Gasteiger partial charge in [-0.25, -0.2) is 0 Å². The number of aromatic hydroxyl groups is 1. The number of aliphatic hydroxyl groups excluding tert-OH is 3. The molecule has 0 fully saturated rings. The quantitative estimate of drug-likeness (QED) is 0.508. The number of halogens is 2. The van der Waals surface area contributed by atoms with Gasteiger partial charge >= 0.3 is 0 Å². The summed E-state index contributed by atoms with van der Waals surface area (Å²) in [6.07, 6.45) is 1.58. The predicted octanol–water partition coefficient (Wildman–Crippen LogP) is 0.527. The highest BCUT2D eigenvalue weighted by atomic mass is 35.5. The van der Waals surface area contributed by atoms with E-state index in [1.54, 1.807) is 18.3 Å². The third kappa shape index (κ3) is 5.23. The van der Waals surface area contributed by atoms with Crippen molar-refractivity contribution in [1.29, 1.82) is 0 Å². The van der Waals surface area contributed by atoms with Crippen molar-refractivity contribution < 1.29 is 20.4 Å². The van der Waals surface area contributed by atoms with Crippen molar-refractivity contribution in [3.8, 4) is 5.75 Å². The third-order valence-corrected chi connectivity index (χ3v) is 3.31. The Hall–Kier alpha value is -0.618. The van der Waals surface area contributed by atoms with Crippen LogP contribution in [0.2, 0.25) is 10.0 Å². The number of rotatable bonds is 3. The van der Waals surface area contributed by atoms with Crippen LogP contribution in [-0.4, -0.2) is 68.1 Å². The molecular weight excluding hydrogens is 346 g/mol. The molecule has 0 aliphatic carbocycles. The van der Waals surface area contributed by atoms with Gasteiger partial charge in [0.1, 0.15) is 5.52 Å². The van der Waals surface area contributed by atoms with Gasteiger partial charge in [0.05, 0.1) is 35.4 Å². The van der Waals surface area contributed by atoms with E-state index in [1.807, 2.05) is 0 Å². The molecule has 119 valence electrons. The summed E-state index contributed by atoms with van der Waals surface area (Å²) in [6.45, 7) is -1.21. The van der Waals surface area contributed by atoms with Crippen molar-refractivity contribution in [2.75, 3.05) is 19.8 Å². The zero-order chi connectivity index (χ0) is 16.0. The molecule has 1 aromatic heterocycles. The van der Waals surface area contributed by atoms with E-state index in [0.29, 0.717) is 15.9 Å². The van der Waals surface area contributed by atoms with Crippen molar-refractivity contribution >= 4 is 51.5 Å². The molecule has 0 saturated heterocycles. The van der Waals surface area contributed by atoms with E-state index in [9.17, 15) is 5.11 Å². The number of pyridine rings is 1. The number of phenolic OH excluding ortho intramolecular Hbond substituents is 1. The van der Waals surface area contributed by atoms with Crippen LogP contribution in [0.25, 0.3) is 10.9 Å². The zero-order valence-corrected chi connectivity index (χ0v) is 14.2. The van der Waals surface area contributed by atoms with Gasteiger partial charge in [0.25, 0.3) is 0 Å². The van der Waals surface area contributed by atoms with Crippen molar-refractivity contribution in [1.82, 2.24) is 4.98 Å². The molecular formula is C13H16AlCl2N2O4. The molecule has 6 nitrogen and oxygen atoms in total. The van der Waals surface area contributed by atoms with Crippen molar-refractivity contribution in [3.05, 3.63) is 34.4 Å². The Morgan fingerprint density at radius 3 is 2.09 bits per heavy atom. The molecule has 0 aliphatic rings. The van der Waals surface area contributed by atoms with E-state index in [2.05, 4.69) is 4.98 Å². The predicted molar refractivity (Wildman–Crippen MR) is 87.4 cm³/mol. The molecule has 0 unspecified atom stereocenters. The van der Waals surface area contributed by atoms with Gasteiger partial charge in [0.15, 0.2) is 5.75 Å². The van der Waals surface area contributed by atoms with Crippen LogP contribution in [0.5, 0.6) is 5.75 Å². The van der Waals surface area contributed by atoms with E-state index in [1.165, 1.54) is 6.07 Å². The summed E-state index contributed by atoms with van der Waals surface area (Å²) in [6, 6.07) is 5.03. The minimum Gasteiger partial charge on any atom is -0.504 e. The van der Waals surface area contributed by atoms with E-state index in [-0.39, 0.29) is 28.1 Å². The molecule has 2 rings (SSSR count). The largest absolute Gasteiger partial charge is 0.504 e. The fourth-order valence-electron chi connectivity index (χ4n) is 1.31. The Bertz CT molecular complexity index is 604. The highest BCUT2D eigenvalue weighted by Crippen LogP contribution is 2.35. The molecule has 9 heteroatoms. The lowest BCUT2D eigenvalue weighted by Gasteiger charge is -2.20. The monoisotopic (exact) mass is 361 g/mol. The molecule has 0 saturated carbocycles. The summed E-state index contributed by atoms with van der Waals surface area (Å²) in [4.78, 5) is 3.98. The normalized spacial score (nSPS) is 10.6. The highest BCUT2D eigenvalue weighted by molar-refractivity contribution is 6.39. The Morgan fingerprint density at radius 1 is 1.09 bits per heavy atom. The lowest BCUT2D eigenvalue weighted by Crippen LogP contribution is -2.50. The summed E-state index contributed by atoms with van der Waals surface area (Å²) in [5.41, 5.74) is 4.37. The minimum atomic E-state index is -1.21. The van der Waals surface area contributed by atoms with Gasteiger partial charge in [-0.3, -0.25) is 4.98 Å². The molecule has 1 heterocycles. The van der Waals surface area contributed by atoms with Crippen LogP contribution in [-0.2, 0) is 0 Å². The molecule has 22 heavy (non-hydrogen) atoms. The maximum Gasteiger partial charge on any atom is 0.160 e. The second-order valence-corrected chi connectivity index (χ2v) is 5.24. The second kappa shape index (κ2) is 9.51. The topological polar surface area (TPSA) is 120 Å². The van der Waals surface area contributed by atoms with Crippen molar-refractivity contribution in [2.24, 2.45) is 5.73 Å². The van der Waals surface area contributed by atoms with Crippen LogP contribution in [0.3, 0.4) is 0 Å². The van der Waals surface area contributed by atoms with E-state index >= 15 is 0 Å². The highest BCUT2D eigenvalue weighted by Gasteiger charge is 2.20. The lowest BCUT2D eigenvalue weighted by atomic mass is 10.1. The van der Waals surface area contributed by atoms with Crippen LogP contribution < -0.4 is 5.73 Å². The van der Waals surface area contributed by atoms with E-state index in [4.69, 9.17) is 44.3 Å². The fourth-order valence-corrected chi connectivity index (χ4v) is 1.82. The summed E-state index contributed by atoms with van der Waals surface area (Å²) in [5.74, 6) is -0.0262. The molecule has 3 radical (unpaired) electrons. The molecule has 0 amide bonds. The fraction of sp³-hybridized carbons (Fsp3) is 0.308. The first-order valence-electron chi connectivity index (χ1n) is 5.91. The van der Waals surface area contributed by atoms with Crippen molar-refractivity contribution in [3.63, 3.8) is 0 Å². The standard InChI is InChI=1S/C9H5Cl2NO.C4H11NO3.Al/c10-6-4-7(11)9(13)8-5(6)2-1-3-12-8;5-4(1-6,2-7)3-8;/h1-4,13H;6-8H,1-3,5H2;. The van der Waals surface area contributed by atoms with Crippen LogP contribution in [0, 0.1) is 0 Å². The minimum absolute atomic E-state index is 0. The Morgan fingerprint density at radius 2 is 1.64 bits per heavy atom. The van der Waals surface area contributed by atoms with Gasteiger partial charge in [0, 0.05) is 28.9 Å². The molecule has 6 N–H and O–H groups in total. The molecule has 0 spiro atoms. The van der Waals surface area contributed by atoms with Crippen molar-refractivity contribution in [2.45, 2.75) is 5.54 Å². The van der Waals surface area contributed by atoms with Gasteiger partial charge < -0.3 is 26.2 Å². The number of phenols is 1. The van der Waals surface area contributed by atoms with Gasteiger partial charge in [-0.05, 0) is 18.2 Å². The van der Waals surface area contributed by atoms with E-state index in [0.717, 1.165) is 0 Å². The average Bonchev–Trinajstić information content (AvgIpc) is 2.52. The number of nitrogens with two attached hydrogens (primary N) is 1. The maximum absolute atomic E-state index is 9.53. The van der Waals surface area contributed by atoms with Gasteiger partial charge in [-0.2, -0.15) is 0 Å². The Labute approximate surface area is 148 Å². The number of nitrogens with zero attached hydrogens (tertiary/aromatic N) is 1. The van der Waals surface area contributed by atoms with Crippen LogP contribution in [0.4, 0.5) is 0 Å². The van der Waals surface area contributed by atoms with E-state index < -0.39 is 25.4 Å². The number of hydrogen-bond acceptors (Lipinski definition) is 6. The lowest BCUT2D eigenvalue weighted by molar-refractivity contribution is 0.0698. The molecule has 2 aromatic rings. The third-order valence-electron chi connectivity index (χ3n) is 2.71. The van der Waals surface area contributed by atoms with Crippen LogP contribution in [0.1, 0.15) is 0 Å². The summed E-state index contributed by atoms with van der Waals surface area (Å²) in [7, 11) is 0. The summed E-state index contributed by atoms with van der Waals surface area (Å²) >= 11 is 11.6. The molecule has 1 aromatic carbocycles. The Kier molecular flexibility index (Phi) is 9.24. The Balaban J connectivity index is 0.000000432. The number of benzene rings is 1. The first kappa shape index (κ1) is 21.4. The van der Waals surface area contributed by atoms with Gasteiger partial charge in [-0.15, -0.1) is 0 Å². The van der Waals surface area contributed by atoms with Crippen LogP contribution in [0.15, 0.2) is 24.4 Å². The SMILES string of the molecule is NC(CO)(CO)CO.Oc1c(Cl)cc(Cl)c2cccnc12.[Al]. The number of fused-ring (bicyclic) bond motifs is 1. The first-order valence-corrected chi connectivity index (χ1v) is 6.67. The molecule has 0 atom stereocenters. The second-order valence-electron chi connectivity index (χ2n) is 4.43. The maximum atomic E-state index is 9.53. The number of aliphatic hydroxyl groups is 3. The number of aromatic nitrogens is 1. The average molecular weight is 362 g/mol. The van der Waals surface area contributed by atoms with Gasteiger partial charge in [-0.1, -0.05) is 23.2 Å². The smallest absolute Gasteiger partial charge is 0.160 e. The number of hydrogen-bond donors (Lipinski definition) is 5. The molecule has 0 bridgehead atoms. The summed E-state index contributed by atoms with van der Waals surface area (Å²) in [5, 5.41) is 36.0. The van der Waals surface area contributed by atoms with Gasteiger partial charge in [0.2, 0.25) is 0 Å². The van der Waals surface area contributed by atoms with Crippen LogP contribution >= 0.6 is 23.2 Å². The molecule has 0 aliphatic heterocycles.